The third-order valence-corrected chi connectivity index (χ3v) is 5.85. The summed E-state index contributed by atoms with van der Waals surface area (Å²) in [7, 11) is 0. The van der Waals surface area contributed by atoms with Crippen molar-refractivity contribution in [2.45, 2.75) is 16.7 Å². The van der Waals surface area contributed by atoms with Crippen molar-refractivity contribution in [1.82, 2.24) is 0 Å². The number of benzene rings is 2. The van der Waals surface area contributed by atoms with E-state index in [9.17, 15) is 0 Å². The molecular formula is C17H17Cl3S. The Morgan fingerprint density at radius 2 is 1.48 bits per heavy atom. The molecule has 0 heterocycles. The molecule has 0 atom stereocenters. The maximum Gasteiger partial charge on any atom is 0.0406 e. The SMILES string of the molecule is ClCC(CCl)(CCSc1ccccc1)c1ccc(Cl)cc1. The van der Waals surface area contributed by atoms with Gasteiger partial charge in [-0.2, -0.15) is 0 Å². The van der Waals surface area contributed by atoms with Crippen molar-refractivity contribution in [3.8, 4) is 0 Å². The van der Waals surface area contributed by atoms with Crippen molar-refractivity contribution in [1.29, 1.82) is 0 Å². The highest BCUT2D eigenvalue weighted by atomic mass is 35.5. The minimum Gasteiger partial charge on any atom is -0.126 e. The molecule has 2 aromatic carbocycles. The summed E-state index contributed by atoms with van der Waals surface area (Å²) >= 11 is 20.3. The van der Waals surface area contributed by atoms with E-state index in [1.54, 1.807) is 0 Å². The van der Waals surface area contributed by atoms with Gasteiger partial charge in [0.25, 0.3) is 0 Å². The van der Waals surface area contributed by atoms with Crippen molar-refractivity contribution in [2.24, 2.45) is 0 Å². The van der Waals surface area contributed by atoms with Crippen LogP contribution in [0.3, 0.4) is 0 Å². The Morgan fingerprint density at radius 3 is 2.05 bits per heavy atom. The van der Waals surface area contributed by atoms with Gasteiger partial charge in [-0.15, -0.1) is 35.0 Å². The maximum atomic E-state index is 6.25. The quantitative estimate of drug-likeness (QED) is 0.416. The van der Waals surface area contributed by atoms with Gasteiger partial charge >= 0.3 is 0 Å². The molecule has 4 heteroatoms. The zero-order valence-corrected chi connectivity index (χ0v) is 14.7. The van der Waals surface area contributed by atoms with Gasteiger partial charge in [0.2, 0.25) is 0 Å². The standard InChI is InChI=1S/C17H17Cl3S/c18-12-17(13-19,14-6-8-15(20)9-7-14)10-11-21-16-4-2-1-3-5-16/h1-9H,10-13H2. The summed E-state index contributed by atoms with van der Waals surface area (Å²) in [5, 5.41) is 0.732. The number of alkyl halides is 2. The number of hydrogen-bond acceptors (Lipinski definition) is 1. The smallest absolute Gasteiger partial charge is 0.0406 e. The molecule has 0 aromatic heterocycles. The first-order valence-corrected chi connectivity index (χ1v) is 9.19. The van der Waals surface area contributed by atoms with Gasteiger partial charge in [-0.25, -0.2) is 0 Å². The van der Waals surface area contributed by atoms with Crippen LogP contribution >= 0.6 is 46.6 Å². The Labute approximate surface area is 145 Å². The summed E-state index contributed by atoms with van der Waals surface area (Å²) in [5.41, 5.74) is 0.959. The molecule has 0 unspecified atom stereocenters. The number of rotatable bonds is 7. The van der Waals surface area contributed by atoms with Crippen LogP contribution in [0.2, 0.25) is 5.02 Å². The van der Waals surface area contributed by atoms with E-state index in [0.29, 0.717) is 11.8 Å². The van der Waals surface area contributed by atoms with E-state index >= 15 is 0 Å². The highest BCUT2D eigenvalue weighted by Crippen LogP contribution is 2.34. The van der Waals surface area contributed by atoms with Crippen LogP contribution in [-0.2, 0) is 5.41 Å². The van der Waals surface area contributed by atoms with Crippen molar-refractivity contribution in [2.75, 3.05) is 17.5 Å². The Bertz CT molecular complexity index is 536. The predicted molar refractivity (Wildman–Crippen MR) is 96.4 cm³/mol. The van der Waals surface area contributed by atoms with Gasteiger partial charge in [0.1, 0.15) is 0 Å². The van der Waals surface area contributed by atoms with E-state index in [4.69, 9.17) is 34.8 Å². The average molecular weight is 360 g/mol. The molecule has 2 rings (SSSR count). The molecule has 0 bridgehead atoms. The van der Waals surface area contributed by atoms with Crippen LogP contribution in [0.1, 0.15) is 12.0 Å². The summed E-state index contributed by atoms with van der Waals surface area (Å²) in [6.45, 7) is 0. The van der Waals surface area contributed by atoms with Crippen molar-refractivity contribution in [3.63, 3.8) is 0 Å². The third-order valence-electron chi connectivity index (χ3n) is 3.56. The first-order chi connectivity index (χ1) is 10.2. The zero-order chi connectivity index (χ0) is 15.1. The van der Waals surface area contributed by atoms with Gasteiger partial charge in [-0.3, -0.25) is 0 Å². The minimum absolute atomic E-state index is 0.199. The molecule has 112 valence electrons. The average Bonchev–Trinajstić information content (AvgIpc) is 2.54. The normalized spacial score (nSPS) is 11.6. The largest absolute Gasteiger partial charge is 0.126 e. The lowest BCUT2D eigenvalue weighted by Crippen LogP contribution is -2.31. The topological polar surface area (TPSA) is 0 Å². The molecule has 0 radical (unpaired) electrons. The van der Waals surface area contributed by atoms with Crippen LogP contribution in [0.5, 0.6) is 0 Å². The monoisotopic (exact) mass is 358 g/mol. The van der Waals surface area contributed by atoms with Gasteiger partial charge in [0.15, 0.2) is 0 Å². The summed E-state index contributed by atoms with van der Waals surface area (Å²) in [5.74, 6) is 1.99. The molecule has 0 saturated heterocycles. The fraction of sp³-hybridized carbons (Fsp3) is 0.294. The minimum atomic E-state index is -0.199. The van der Waals surface area contributed by atoms with Crippen LogP contribution < -0.4 is 0 Å². The van der Waals surface area contributed by atoms with E-state index in [1.165, 1.54) is 4.90 Å². The van der Waals surface area contributed by atoms with Crippen molar-refractivity contribution in [3.05, 3.63) is 65.2 Å². The highest BCUT2D eigenvalue weighted by Gasteiger charge is 2.30. The predicted octanol–water partition coefficient (Wildman–Crippen LogP) is 6.24. The molecule has 0 aliphatic carbocycles. The molecule has 0 amide bonds. The first kappa shape index (κ1) is 17.0. The van der Waals surface area contributed by atoms with Gasteiger partial charge in [0, 0.05) is 27.1 Å². The molecule has 2 aromatic rings. The molecular weight excluding hydrogens is 343 g/mol. The Kier molecular flexibility index (Phi) is 6.75. The zero-order valence-electron chi connectivity index (χ0n) is 11.6. The maximum absolute atomic E-state index is 6.25. The lowest BCUT2D eigenvalue weighted by atomic mass is 9.82. The second kappa shape index (κ2) is 8.33. The molecule has 0 fully saturated rings. The van der Waals surface area contributed by atoms with E-state index in [1.807, 2.05) is 42.1 Å². The summed E-state index contributed by atoms with van der Waals surface area (Å²) in [6, 6.07) is 18.2. The molecule has 21 heavy (non-hydrogen) atoms. The Hall–Kier alpha value is -0.340. The fourth-order valence-electron chi connectivity index (χ4n) is 2.15. The van der Waals surface area contributed by atoms with Gasteiger partial charge < -0.3 is 0 Å². The number of hydrogen-bond donors (Lipinski definition) is 0. The molecule has 0 nitrogen and oxygen atoms in total. The molecule has 0 N–H and O–H groups in total. The molecule has 0 aliphatic heterocycles. The number of halogens is 3. The molecule has 0 aliphatic rings. The van der Waals surface area contributed by atoms with E-state index in [2.05, 4.69) is 24.3 Å². The highest BCUT2D eigenvalue weighted by molar-refractivity contribution is 7.99. The third kappa shape index (κ3) is 4.56. The second-order valence-corrected chi connectivity index (χ2v) is 7.11. The summed E-state index contributed by atoms with van der Waals surface area (Å²) < 4.78 is 0. The van der Waals surface area contributed by atoms with Crippen LogP contribution in [0.15, 0.2) is 59.5 Å². The first-order valence-electron chi connectivity index (χ1n) is 6.76. The lowest BCUT2D eigenvalue weighted by Gasteiger charge is -2.30. The van der Waals surface area contributed by atoms with Crippen LogP contribution in [0.4, 0.5) is 0 Å². The summed E-state index contributed by atoms with van der Waals surface area (Å²) in [6.07, 6.45) is 0.932. The molecule has 0 spiro atoms. The molecule has 0 saturated carbocycles. The van der Waals surface area contributed by atoms with Crippen molar-refractivity contribution < 1.29 is 0 Å². The Morgan fingerprint density at radius 1 is 0.857 bits per heavy atom. The van der Waals surface area contributed by atoms with Gasteiger partial charge in [-0.05, 0) is 42.0 Å². The van der Waals surface area contributed by atoms with Crippen LogP contribution in [0.25, 0.3) is 0 Å². The second-order valence-electron chi connectivity index (χ2n) is 4.97. The lowest BCUT2D eigenvalue weighted by molar-refractivity contribution is 0.524. The summed E-state index contributed by atoms with van der Waals surface area (Å²) in [4.78, 5) is 1.27. The van der Waals surface area contributed by atoms with Crippen LogP contribution in [-0.4, -0.2) is 17.5 Å². The van der Waals surface area contributed by atoms with Gasteiger partial charge in [-0.1, -0.05) is 41.9 Å². The van der Waals surface area contributed by atoms with E-state index in [0.717, 1.165) is 22.8 Å². The Balaban J connectivity index is 2.06. The van der Waals surface area contributed by atoms with Crippen LogP contribution in [0, 0.1) is 0 Å². The van der Waals surface area contributed by atoms with Gasteiger partial charge in [0.05, 0.1) is 0 Å². The van der Waals surface area contributed by atoms with Crippen molar-refractivity contribution >= 4 is 46.6 Å². The fourth-order valence-corrected chi connectivity index (χ4v) is 4.22. The van der Waals surface area contributed by atoms with E-state index in [-0.39, 0.29) is 5.41 Å². The number of thioether (sulfide) groups is 1. The van der Waals surface area contributed by atoms with E-state index < -0.39 is 0 Å².